The molecule has 8 heteroatoms. The molecule has 0 saturated carbocycles. The molecule has 3 rings (SSSR count). The van der Waals surface area contributed by atoms with Crippen molar-refractivity contribution in [3.05, 3.63) is 46.6 Å². The minimum atomic E-state index is -0.0184. The van der Waals surface area contributed by atoms with Crippen LogP contribution in [0.5, 0.6) is 0 Å². The number of nitrogens with one attached hydrogen (secondary N) is 1. The first-order valence-electron chi connectivity index (χ1n) is 10.5. The number of aromatic nitrogens is 2. The summed E-state index contributed by atoms with van der Waals surface area (Å²) in [5.74, 6) is 1.53. The van der Waals surface area contributed by atoms with Gasteiger partial charge >= 0.3 is 0 Å². The molecule has 1 amide bonds. The molecule has 0 aliphatic carbocycles. The fourth-order valence-electron chi connectivity index (χ4n) is 3.43. The highest BCUT2D eigenvalue weighted by Gasteiger charge is 2.12. The van der Waals surface area contributed by atoms with Crippen LogP contribution in [0.25, 0.3) is 0 Å². The van der Waals surface area contributed by atoms with E-state index in [0.29, 0.717) is 28.2 Å². The molecule has 2 heterocycles. The van der Waals surface area contributed by atoms with E-state index in [4.69, 9.17) is 11.6 Å². The molecular formula is C22H30ClN5OS. The number of amides is 1. The number of hydrogen-bond acceptors (Lipinski definition) is 6. The quantitative estimate of drug-likeness (QED) is 0.336. The van der Waals surface area contributed by atoms with Crippen molar-refractivity contribution in [2.45, 2.75) is 37.1 Å². The normalized spacial score (nSPS) is 14.1. The summed E-state index contributed by atoms with van der Waals surface area (Å²) in [5, 5.41) is 4.12. The first-order valence-corrected chi connectivity index (χ1v) is 11.9. The van der Waals surface area contributed by atoms with E-state index in [0.717, 1.165) is 44.0 Å². The van der Waals surface area contributed by atoms with Crippen LogP contribution >= 0.6 is 23.4 Å². The Hall–Kier alpha value is -1.83. The second kappa shape index (κ2) is 11.5. The lowest BCUT2D eigenvalue weighted by Gasteiger charge is -2.17. The van der Waals surface area contributed by atoms with Crippen LogP contribution in [0.3, 0.4) is 0 Å². The van der Waals surface area contributed by atoms with E-state index in [1.807, 2.05) is 31.3 Å². The molecule has 1 saturated heterocycles. The Kier molecular flexibility index (Phi) is 8.78. The molecule has 30 heavy (non-hydrogen) atoms. The molecule has 1 aromatic heterocycles. The second-order valence-corrected chi connectivity index (χ2v) is 8.87. The molecule has 0 atom stereocenters. The summed E-state index contributed by atoms with van der Waals surface area (Å²) in [6.07, 6.45) is 3.58. The van der Waals surface area contributed by atoms with Gasteiger partial charge in [0.15, 0.2) is 5.16 Å². The third-order valence-electron chi connectivity index (χ3n) is 5.11. The Morgan fingerprint density at radius 3 is 2.67 bits per heavy atom. The zero-order valence-electron chi connectivity index (χ0n) is 17.7. The highest BCUT2D eigenvalue weighted by atomic mass is 35.5. The SMILES string of the molecule is CCCN(C)c1cc(Cl)nc(SCc2ccc(C(=O)NCCN3CCCC3)cc2)n1. The largest absolute Gasteiger partial charge is 0.360 e. The van der Waals surface area contributed by atoms with Gasteiger partial charge in [0.05, 0.1) is 0 Å². The van der Waals surface area contributed by atoms with E-state index >= 15 is 0 Å². The Morgan fingerprint density at radius 2 is 1.97 bits per heavy atom. The smallest absolute Gasteiger partial charge is 0.251 e. The molecule has 0 bridgehead atoms. The predicted molar refractivity (Wildman–Crippen MR) is 125 cm³/mol. The summed E-state index contributed by atoms with van der Waals surface area (Å²) in [6.45, 7) is 6.96. The van der Waals surface area contributed by atoms with Crippen LogP contribution in [-0.2, 0) is 5.75 Å². The minimum absolute atomic E-state index is 0.0184. The average Bonchev–Trinajstić information content (AvgIpc) is 3.26. The van der Waals surface area contributed by atoms with E-state index in [1.165, 1.54) is 12.8 Å². The molecule has 6 nitrogen and oxygen atoms in total. The molecule has 1 fully saturated rings. The van der Waals surface area contributed by atoms with Gasteiger partial charge in [0.1, 0.15) is 11.0 Å². The Morgan fingerprint density at radius 1 is 1.23 bits per heavy atom. The van der Waals surface area contributed by atoms with Gasteiger partial charge in [0.25, 0.3) is 5.91 Å². The highest BCUT2D eigenvalue weighted by molar-refractivity contribution is 7.98. The van der Waals surface area contributed by atoms with Crippen molar-refractivity contribution >= 4 is 35.1 Å². The van der Waals surface area contributed by atoms with Crippen LogP contribution in [0.4, 0.5) is 5.82 Å². The monoisotopic (exact) mass is 447 g/mol. The number of rotatable bonds is 10. The third-order valence-corrected chi connectivity index (χ3v) is 6.22. The summed E-state index contributed by atoms with van der Waals surface area (Å²) in [6, 6.07) is 9.51. The minimum Gasteiger partial charge on any atom is -0.360 e. The molecule has 1 aromatic carbocycles. The van der Waals surface area contributed by atoms with Gasteiger partial charge in [0.2, 0.25) is 0 Å². The summed E-state index contributed by atoms with van der Waals surface area (Å²) in [7, 11) is 2.01. The van der Waals surface area contributed by atoms with E-state index in [9.17, 15) is 4.79 Å². The van der Waals surface area contributed by atoms with Gasteiger partial charge in [-0.1, -0.05) is 42.4 Å². The molecule has 0 radical (unpaired) electrons. The number of halogens is 1. The second-order valence-electron chi connectivity index (χ2n) is 7.54. The van der Waals surface area contributed by atoms with Gasteiger partial charge in [-0.2, -0.15) is 0 Å². The number of nitrogens with zero attached hydrogens (tertiary/aromatic N) is 4. The van der Waals surface area contributed by atoms with Crippen LogP contribution in [-0.4, -0.2) is 60.5 Å². The Bertz CT molecular complexity index is 827. The van der Waals surface area contributed by atoms with Gasteiger partial charge in [-0.3, -0.25) is 4.79 Å². The van der Waals surface area contributed by atoms with Gasteiger partial charge in [-0.15, -0.1) is 0 Å². The van der Waals surface area contributed by atoms with Crippen molar-refractivity contribution in [3.8, 4) is 0 Å². The van der Waals surface area contributed by atoms with Gasteiger partial charge < -0.3 is 15.1 Å². The topological polar surface area (TPSA) is 61.4 Å². The highest BCUT2D eigenvalue weighted by Crippen LogP contribution is 2.24. The standard InChI is InChI=1S/C22H30ClN5OS/c1-3-11-27(2)20-15-19(23)25-22(26-20)30-16-17-6-8-18(9-7-17)21(29)24-10-14-28-12-4-5-13-28/h6-9,15H,3-5,10-14,16H2,1-2H3,(H,24,29). The van der Waals surface area contributed by atoms with Gasteiger partial charge in [-0.25, -0.2) is 9.97 Å². The number of anilines is 1. The Balaban J connectivity index is 1.50. The van der Waals surface area contributed by atoms with Crippen molar-refractivity contribution in [2.24, 2.45) is 0 Å². The summed E-state index contributed by atoms with van der Waals surface area (Å²) in [4.78, 5) is 25.7. The number of carbonyl (C=O) groups excluding carboxylic acids is 1. The summed E-state index contributed by atoms with van der Waals surface area (Å²) >= 11 is 7.72. The van der Waals surface area contributed by atoms with E-state index in [2.05, 4.69) is 32.0 Å². The maximum absolute atomic E-state index is 12.3. The molecule has 1 N–H and O–H groups in total. The van der Waals surface area contributed by atoms with Crippen LogP contribution in [0.15, 0.2) is 35.5 Å². The molecule has 1 aliphatic heterocycles. The van der Waals surface area contributed by atoms with Crippen LogP contribution in [0.2, 0.25) is 5.15 Å². The van der Waals surface area contributed by atoms with Crippen LogP contribution < -0.4 is 10.2 Å². The summed E-state index contributed by atoms with van der Waals surface area (Å²) in [5.41, 5.74) is 1.80. The lowest BCUT2D eigenvalue weighted by atomic mass is 10.1. The molecule has 0 unspecified atom stereocenters. The fourth-order valence-corrected chi connectivity index (χ4v) is 4.47. The van der Waals surface area contributed by atoms with Crippen molar-refractivity contribution < 1.29 is 4.79 Å². The maximum Gasteiger partial charge on any atom is 0.251 e. The summed E-state index contributed by atoms with van der Waals surface area (Å²) < 4.78 is 0. The van der Waals surface area contributed by atoms with E-state index in [-0.39, 0.29) is 5.91 Å². The first-order chi connectivity index (χ1) is 14.5. The molecule has 162 valence electrons. The van der Waals surface area contributed by atoms with Gasteiger partial charge in [-0.05, 0) is 50.0 Å². The number of hydrogen-bond donors (Lipinski definition) is 1. The van der Waals surface area contributed by atoms with Crippen molar-refractivity contribution in [3.63, 3.8) is 0 Å². The van der Waals surface area contributed by atoms with Crippen LogP contribution in [0, 0.1) is 0 Å². The molecule has 0 spiro atoms. The lowest BCUT2D eigenvalue weighted by Crippen LogP contribution is -2.33. The Labute approximate surface area is 188 Å². The first kappa shape index (κ1) is 22.8. The van der Waals surface area contributed by atoms with Crippen molar-refractivity contribution in [1.82, 2.24) is 20.2 Å². The maximum atomic E-state index is 12.3. The van der Waals surface area contributed by atoms with Crippen molar-refractivity contribution in [2.75, 3.05) is 44.7 Å². The van der Waals surface area contributed by atoms with Gasteiger partial charge in [0, 0.05) is 44.1 Å². The third kappa shape index (κ3) is 6.86. The zero-order valence-corrected chi connectivity index (χ0v) is 19.3. The number of thioether (sulfide) groups is 1. The van der Waals surface area contributed by atoms with E-state index in [1.54, 1.807) is 17.8 Å². The van der Waals surface area contributed by atoms with E-state index < -0.39 is 0 Å². The number of carbonyl (C=O) groups is 1. The fraction of sp³-hybridized carbons (Fsp3) is 0.500. The number of benzene rings is 1. The molecule has 2 aromatic rings. The lowest BCUT2D eigenvalue weighted by molar-refractivity contribution is 0.0949. The van der Waals surface area contributed by atoms with Crippen molar-refractivity contribution in [1.29, 1.82) is 0 Å². The number of likely N-dealkylation sites (tertiary alicyclic amines) is 1. The van der Waals surface area contributed by atoms with Crippen LogP contribution in [0.1, 0.15) is 42.1 Å². The predicted octanol–water partition coefficient (Wildman–Crippen LogP) is 4.09. The molecular weight excluding hydrogens is 418 g/mol. The average molecular weight is 448 g/mol. The molecule has 1 aliphatic rings. The zero-order chi connectivity index (χ0) is 21.3.